The van der Waals surface area contributed by atoms with Crippen molar-refractivity contribution in [2.75, 3.05) is 19.0 Å². The summed E-state index contributed by atoms with van der Waals surface area (Å²) in [7, 11) is 2.92. The number of aliphatic hydroxyl groups excluding tert-OH is 3. The maximum atomic E-state index is 13.7. The molecule has 0 spiro atoms. The van der Waals surface area contributed by atoms with Gasteiger partial charge in [0.05, 0.1) is 64.5 Å². The van der Waals surface area contributed by atoms with Gasteiger partial charge in [-0.15, -0.1) is 0 Å². The molecule has 19 heteroatoms. The number of rotatable bonds is 6. The van der Waals surface area contributed by atoms with Gasteiger partial charge < -0.3 is 42.5 Å². The largest absolute Gasteiger partial charge is 0.508 e. The molecule has 6 atom stereocenters. The molecule has 4 aromatic carbocycles. The van der Waals surface area contributed by atoms with Crippen molar-refractivity contribution in [3.63, 3.8) is 0 Å². The molecule has 1 fully saturated rings. The van der Waals surface area contributed by atoms with Crippen LogP contribution in [0, 0.1) is 34.5 Å². The molecule has 3 amide bonds. The van der Waals surface area contributed by atoms with Gasteiger partial charge in [0, 0.05) is 11.5 Å². The summed E-state index contributed by atoms with van der Waals surface area (Å²) in [5, 5.41) is 77.8. The van der Waals surface area contributed by atoms with E-state index in [2.05, 4.69) is 22.2 Å². The fraction of sp³-hybridized carbons (Fsp3) is 0.296. The number of phenolic OH excluding ortho intramolecular Hbond substituents is 1. The standard InChI is InChI=1S/C22H24N2O8.C17H19N5.C15H12N2O.H2O/c1-7-8-5-4-6-9(25)11(8)16(26)12-10(7)17(27)14-15(24(2)3)18(28)13(21(23)31)20(30)22(14,32)19(12)29;1-16(2,9-18)14-5-13(8-22-12-20-11-21-22)6-15(7-14)17(3,4)10-19;16-15(18)17-13-7-3-1-5-11(13)9-10-12-6-2-4-8-14(12)17;/h4-7,10,14-15,17,25-27,30,32H,1-3H3,(H2,23,31);5-7,11-12H,8H2,1-4H3;1-10H,(H2,16,18);1H2/t7-,10+,14+,15-,17-,22-;;;/m0.../s1. The number of carbonyl (C=O) groups is 4. The summed E-state index contributed by atoms with van der Waals surface area (Å²) in [6, 6.07) is 28.7. The van der Waals surface area contributed by atoms with Crippen molar-refractivity contribution in [3.05, 3.63) is 153 Å². The molecule has 0 saturated heterocycles. The Labute approximate surface area is 421 Å². The molecule has 4 aliphatic rings. The summed E-state index contributed by atoms with van der Waals surface area (Å²) in [5.74, 6) is -8.87. The SMILES string of the molecule is CC(C)(C#N)c1cc(Cn2cncn2)cc(C(C)(C)C#N)c1.C[C@H]1c2cccc(O)c2C(O)=C2C(=O)[C@]3(O)C(O)=C(C(N)=O)C(=O)[C@@H](N(C)C)[C@@H]3[C@@H](O)[C@@H]21.NC(=O)N1c2ccccc2C=Cc2ccccc21.O. The number of hydrogen-bond donors (Lipinski definition) is 7. The number of anilines is 2. The number of Topliss-reactive ketones (excluding diaryl/α,β-unsaturated/α-hetero) is 2. The van der Waals surface area contributed by atoms with Crippen molar-refractivity contribution < 1.29 is 50.2 Å². The molecule has 73 heavy (non-hydrogen) atoms. The Bertz CT molecular complexity index is 3110. The molecule has 5 aromatic rings. The zero-order valence-electron chi connectivity index (χ0n) is 41.1. The Kier molecular flexibility index (Phi) is 15.0. The highest BCUT2D eigenvalue weighted by Gasteiger charge is 2.68. The summed E-state index contributed by atoms with van der Waals surface area (Å²) in [6.07, 6.45) is 5.54. The number of benzene rings is 4. The number of likely N-dealkylation sites (N-methyl/N-ethyl adjacent to an activating group) is 1. The Morgan fingerprint density at radius 1 is 0.849 bits per heavy atom. The molecule has 3 aliphatic carbocycles. The van der Waals surface area contributed by atoms with Gasteiger partial charge in [-0.1, -0.05) is 85.8 Å². The maximum absolute atomic E-state index is 13.7. The van der Waals surface area contributed by atoms with Crippen LogP contribution in [0.15, 0.2) is 114 Å². The lowest BCUT2D eigenvalue weighted by atomic mass is 9.54. The Hall–Kier alpha value is -8.46. The van der Waals surface area contributed by atoms with Crippen molar-refractivity contribution in [1.82, 2.24) is 19.7 Å². The zero-order chi connectivity index (χ0) is 52.8. The summed E-state index contributed by atoms with van der Waals surface area (Å²) in [6.45, 7) is 9.75. The first-order valence-corrected chi connectivity index (χ1v) is 22.8. The first kappa shape index (κ1) is 53.9. The minimum atomic E-state index is -2.89. The number of urea groups is 1. The molecule has 0 bridgehead atoms. The van der Waals surface area contributed by atoms with Gasteiger partial charge in [-0.3, -0.25) is 24.2 Å². The van der Waals surface area contributed by atoms with E-state index < -0.39 is 92.5 Å². The van der Waals surface area contributed by atoms with E-state index in [1.165, 1.54) is 31.4 Å². The summed E-state index contributed by atoms with van der Waals surface area (Å²) in [5.41, 5.74) is 12.2. The Morgan fingerprint density at radius 3 is 1.88 bits per heavy atom. The third-order valence-corrected chi connectivity index (χ3v) is 13.8. The van der Waals surface area contributed by atoms with E-state index in [1.807, 2.05) is 107 Å². The number of carbonyl (C=O) groups excluding carboxylic acids is 4. The molecule has 1 aliphatic heterocycles. The van der Waals surface area contributed by atoms with Crippen LogP contribution in [0.25, 0.3) is 17.9 Å². The number of primary amides is 2. The van der Waals surface area contributed by atoms with Gasteiger partial charge in [-0.2, -0.15) is 15.6 Å². The van der Waals surface area contributed by atoms with Gasteiger partial charge in [-0.05, 0) is 99.3 Å². The van der Waals surface area contributed by atoms with Gasteiger partial charge in [0.1, 0.15) is 35.5 Å². The highest BCUT2D eigenvalue weighted by Crippen LogP contribution is 2.56. The van der Waals surface area contributed by atoms with Gasteiger partial charge in [0.25, 0.3) is 5.91 Å². The van der Waals surface area contributed by atoms with E-state index in [0.717, 1.165) is 39.2 Å². The van der Waals surface area contributed by atoms with E-state index in [0.29, 0.717) is 12.1 Å². The molecule has 1 aromatic heterocycles. The molecule has 0 radical (unpaired) electrons. The molecule has 11 N–H and O–H groups in total. The number of nitriles is 2. The number of amides is 3. The normalized spacial score (nSPS) is 21.7. The Morgan fingerprint density at radius 2 is 1.40 bits per heavy atom. The third-order valence-electron chi connectivity index (χ3n) is 13.8. The lowest BCUT2D eigenvalue weighted by Crippen LogP contribution is -2.70. The summed E-state index contributed by atoms with van der Waals surface area (Å²) >= 11 is 0. The number of hydrogen-bond acceptors (Lipinski definition) is 14. The number of fused-ring (bicyclic) bond motifs is 5. The molecule has 2 heterocycles. The molecule has 378 valence electrons. The van der Waals surface area contributed by atoms with Crippen LogP contribution < -0.4 is 16.4 Å². The molecular weight excluding hydrogens is 935 g/mol. The number of para-hydroxylation sites is 2. The van der Waals surface area contributed by atoms with Crippen LogP contribution in [-0.4, -0.2) is 106 Å². The first-order chi connectivity index (χ1) is 33.9. The second kappa shape index (κ2) is 20.3. The zero-order valence-corrected chi connectivity index (χ0v) is 41.1. The monoisotopic (exact) mass is 991 g/mol. The summed E-state index contributed by atoms with van der Waals surface area (Å²) in [4.78, 5) is 57.2. The predicted molar refractivity (Wildman–Crippen MR) is 270 cm³/mol. The van der Waals surface area contributed by atoms with Gasteiger partial charge in [0.15, 0.2) is 11.4 Å². The van der Waals surface area contributed by atoms with E-state index >= 15 is 0 Å². The minimum absolute atomic E-state index is 0. The van der Waals surface area contributed by atoms with E-state index in [1.54, 1.807) is 35.0 Å². The van der Waals surface area contributed by atoms with Crippen LogP contribution in [0.2, 0.25) is 0 Å². The van der Waals surface area contributed by atoms with Crippen LogP contribution in [0.5, 0.6) is 5.75 Å². The number of phenols is 1. The van der Waals surface area contributed by atoms with Gasteiger partial charge >= 0.3 is 6.03 Å². The topological polar surface area (TPSA) is 338 Å². The smallest absolute Gasteiger partial charge is 0.323 e. The van der Waals surface area contributed by atoms with Crippen LogP contribution in [0.4, 0.5) is 16.2 Å². The average Bonchev–Trinajstić information content (AvgIpc) is 3.79. The molecule has 0 unspecified atom stereocenters. The van der Waals surface area contributed by atoms with Crippen molar-refractivity contribution in [3.8, 4) is 17.9 Å². The average molecular weight is 992 g/mol. The first-order valence-electron chi connectivity index (χ1n) is 22.8. The molecule has 1 saturated carbocycles. The number of aromatic nitrogens is 3. The maximum Gasteiger partial charge on any atom is 0.323 e. The number of aromatic hydroxyl groups is 1. The van der Waals surface area contributed by atoms with Crippen molar-refractivity contribution in [2.24, 2.45) is 23.3 Å². The lowest BCUT2D eigenvalue weighted by Gasteiger charge is -2.53. The minimum Gasteiger partial charge on any atom is -0.508 e. The van der Waals surface area contributed by atoms with Crippen LogP contribution in [0.1, 0.15) is 79.5 Å². The summed E-state index contributed by atoms with van der Waals surface area (Å²) < 4.78 is 1.72. The van der Waals surface area contributed by atoms with Crippen molar-refractivity contribution >= 4 is 52.8 Å². The highest BCUT2D eigenvalue weighted by molar-refractivity contribution is 6.24. The van der Waals surface area contributed by atoms with Crippen LogP contribution in [-0.2, 0) is 31.8 Å². The highest BCUT2D eigenvalue weighted by atomic mass is 16.4. The number of aliphatic hydroxyl groups is 4. The van der Waals surface area contributed by atoms with Crippen molar-refractivity contribution in [2.45, 2.75) is 75.7 Å². The number of ketones is 2. The Balaban J connectivity index is 0.000000186. The molecular formula is C54H57N9O10. The van der Waals surface area contributed by atoms with Crippen LogP contribution in [0.3, 0.4) is 0 Å². The fourth-order valence-electron chi connectivity index (χ4n) is 9.92. The molecule has 19 nitrogen and oxygen atoms in total. The second-order valence-electron chi connectivity index (χ2n) is 19.4. The fourth-order valence-corrected chi connectivity index (χ4v) is 9.92. The van der Waals surface area contributed by atoms with E-state index in [4.69, 9.17) is 11.5 Å². The predicted octanol–water partition coefficient (Wildman–Crippen LogP) is 4.99. The lowest BCUT2D eigenvalue weighted by molar-refractivity contribution is -0.169. The van der Waals surface area contributed by atoms with E-state index in [9.17, 15) is 55.2 Å². The molecule has 9 rings (SSSR count). The van der Waals surface area contributed by atoms with Gasteiger partial charge in [-0.25, -0.2) is 14.5 Å². The number of nitrogens with two attached hydrogens (primary N) is 2. The van der Waals surface area contributed by atoms with E-state index in [-0.39, 0.29) is 16.8 Å². The van der Waals surface area contributed by atoms with Crippen LogP contribution >= 0.6 is 0 Å². The number of nitrogens with zero attached hydrogens (tertiary/aromatic N) is 7. The quantitative estimate of drug-likeness (QED) is 0.110. The second-order valence-corrected chi connectivity index (χ2v) is 19.4. The third kappa shape index (κ3) is 9.45. The van der Waals surface area contributed by atoms with Gasteiger partial charge in [0.2, 0.25) is 5.78 Å². The van der Waals surface area contributed by atoms with Crippen molar-refractivity contribution in [1.29, 1.82) is 10.5 Å².